The Bertz CT molecular complexity index is 561. The molecule has 2 rings (SSSR count). The van der Waals surface area contributed by atoms with Gasteiger partial charge in [-0.2, -0.15) is 0 Å². The van der Waals surface area contributed by atoms with Crippen LogP contribution in [-0.4, -0.2) is 41.4 Å². The summed E-state index contributed by atoms with van der Waals surface area (Å²) >= 11 is 0. The Morgan fingerprint density at radius 3 is 3.00 bits per heavy atom. The van der Waals surface area contributed by atoms with E-state index in [-0.39, 0.29) is 5.91 Å². The number of H-pyrrole nitrogens is 1. The molecule has 0 saturated heterocycles. The van der Waals surface area contributed by atoms with Crippen LogP contribution in [0.2, 0.25) is 0 Å². The lowest BCUT2D eigenvalue weighted by molar-refractivity contribution is -0.129. The predicted octanol–water partition coefficient (Wildman–Crippen LogP) is 1.05. The van der Waals surface area contributed by atoms with Crippen molar-refractivity contribution in [1.82, 2.24) is 20.2 Å². The Morgan fingerprint density at radius 2 is 2.28 bits per heavy atom. The van der Waals surface area contributed by atoms with Gasteiger partial charge in [0, 0.05) is 13.6 Å². The number of fused-ring (bicyclic) bond motifs is 1. The number of likely N-dealkylation sites (N-methyl/N-ethyl adjacent to an activating group) is 2. The summed E-state index contributed by atoms with van der Waals surface area (Å²) in [6.07, 6.45) is 0. The first kappa shape index (κ1) is 12.6. The molecule has 0 bridgehead atoms. The molecule has 1 heterocycles. The SMILES string of the molecule is CNCC(=O)N(C)Cc1ccc2nc(C)[nH]c2c1. The number of imidazole rings is 1. The van der Waals surface area contributed by atoms with E-state index >= 15 is 0 Å². The van der Waals surface area contributed by atoms with Crippen molar-refractivity contribution in [1.29, 1.82) is 0 Å². The zero-order valence-corrected chi connectivity index (χ0v) is 10.9. The molecular weight excluding hydrogens is 228 g/mol. The van der Waals surface area contributed by atoms with Crippen LogP contribution in [0.25, 0.3) is 11.0 Å². The van der Waals surface area contributed by atoms with Crippen LogP contribution in [0.15, 0.2) is 18.2 Å². The maximum atomic E-state index is 11.7. The zero-order valence-electron chi connectivity index (χ0n) is 10.9. The largest absolute Gasteiger partial charge is 0.342 e. The van der Waals surface area contributed by atoms with Gasteiger partial charge >= 0.3 is 0 Å². The molecule has 0 spiro atoms. The maximum absolute atomic E-state index is 11.7. The molecule has 1 amide bonds. The Balaban J connectivity index is 2.13. The van der Waals surface area contributed by atoms with Gasteiger partial charge in [-0.3, -0.25) is 4.79 Å². The summed E-state index contributed by atoms with van der Waals surface area (Å²) in [4.78, 5) is 20.9. The van der Waals surface area contributed by atoms with Crippen molar-refractivity contribution in [2.24, 2.45) is 0 Å². The first-order valence-corrected chi connectivity index (χ1v) is 5.94. The number of rotatable bonds is 4. The summed E-state index contributed by atoms with van der Waals surface area (Å²) < 4.78 is 0. The number of aryl methyl sites for hydroxylation is 1. The molecule has 0 saturated carbocycles. The van der Waals surface area contributed by atoms with Crippen molar-refractivity contribution in [3.05, 3.63) is 29.6 Å². The third-order valence-corrected chi connectivity index (χ3v) is 2.84. The molecule has 5 heteroatoms. The van der Waals surface area contributed by atoms with E-state index in [0.717, 1.165) is 22.4 Å². The number of carbonyl (C=O) groups excluding carboxylic acids is 1. The molecule has 0 fully saturated rings. The molecule has 0 aliphatic carbocycles. The van der Waals surface area contributed by atoms with Gasteiger partial charge in [0.05, 0.1) is 17.6 Å². The number of aromatic amines is 1. The number of benzene rings is 1. The first-order valence-electron chi connectivity index (χ1n) is 5.94. The molecule has 96 valence electrons. The van der Waals surface area contributed by atoms with Gasteiger partial charge in [-0.1, -0.05) is 6.07 Å². The van der Waals surface area contributed by atoms with Crippen LogP contribution in [0.4, 0.5) is 0 Å². The molecule has 0 aliphatic rings. The fourth-order valence-corrected chi connectivity index (χ4v) is 1.93. The van der Waals surface area contributed by atoms with Crippen molar-refractivity contribution >= 4 is 16.9 Å². The van der Waals surface area contributed by atoms with E-state index in [1.54, 1.807) is 11.9 Å². The lowest BCUT2D eigenvalue weighted by Crippen LogP contribution is -2.33. The Labute approximate surface area is 106 Å². The van der Waals surface area contributed by atoms with Crippen LogP contribution in [-0.2, 0) is 11.3 Å². The number of amides is 1. The minimum atomic E-state index is 0.0818. The number of aromatic nitrogens is 2. The smallest absolute Gasteiger partial charge is 0.236 e. The highest BCUT2D eigenvalue weighted by molar-refractivity contribution is 5.78. The Hall–Kier alpha value is -1.88. The number of hydrogen-bond donors (Lipinski definition) is 2. The van der Waals surface area contributed by atoms with Crippen molar-refractivity contribution in [2.75, 3.05) is 20.6 Å². The summed E-state index contributed by atoms with van der Waals surface area (Å²) in [6, 6.07) is 6.02. The van der Waals surface area contributed by atoms with Crippen LogP contribution < -0.4 is 5.32 Å². The van der Waals surface area contributed by atoms with Gasteiger partial charge in [-0.05, 0) is 31.7 Å². The molecule has 1 aromatic carbocycles. The van der Waals surface area contributed by atoms with E-state index < -0.39 is 0 Å². The summed E-state index contributed by atoms with van der Waals surface area (Å²) in [6.45, 7) is 2.90. The third kappa shape index (κ3) is 2.68. The minimum Gasteiger partial charge on any atom is -0.342 e. The number of hydrogen-bond acceptors (Lipinski definition) is 3. The summed E-state index contributed by atoms with van der Waals surface area (Å²) in [5, 5.41) is 2.86. The van der Waals surface area contributed by atoms with Gasteiger partial charge in [0.1, 0.15) is 5.82 Å². The molecule has 5 nitrogen and oxygen atoms in total. The van der Waals surface area contributed by atoms with E-state index in [0.29, 0.717) is 13.1 Å². The van der Waals surface area contributed by atoms with Crippen molar-refractivity contribution < 1.29 is 4.79 Å². The second-order valence-electron chi connectivity index (χ2n) is 4.45. The first-order chi connectivity index (χ1) is 8.60. The summed E-state index contributed by atoms with van der Waals surface area (Å²) in [5.74, 6) is 0.986. The van der Waals surface area contributed by atoms with Gasteiger partial charge in [0.2, 0.25) is 5.91 Å². The maximum Gasteiger partial charge on any atom is 0.236 e. The molecule has 1 aromatic heterocycles. The minimum absolute atomic E-state index is 0.0818. The second kappa shape index (κ2) is 5.18. The average molecular weight is 246 g/mol. The van der Waals surface area contributed by atoms with Crippen LogP contribution in [0.3, 0.4) is 0 Å². The highest BCUT2D eigenvalue weighted by Gasteiger charge is 2.08. The topological polar surface area (TPSA) is 61.0 Å². The summed E-state index contributed by atoms with van der Waals surface area (Å²) in [7, 11) is 3.58. The van der Waals surface area contributed by atoms with Gasteiger partial charge in [0.15, 0.2) is 0 Å². The number of carbonyl (C=O) groups is 1. The van der Waals surface area contributed by atoms with Crippen LogP contribution >= 0.6 is 0 Å². The number of nitrogens with one attached hydrogen (secondary N) is 2. The van der Waals surface area contributed by atoms with Crippen LogP contribution in [0, 0.1) is 6.92 Å². The Kier molecular flexibility index (Phi) is 3.62. The second-order valence-corrected chi connectivity index (χ2v) is 4.45. The zero-order chi connectivity index (χ0) is 13.1. The third-order valence-electron chi connectivity index (χ3n) is 2.84. The number of nitrogens with zero attached hydrogens (tertiary/aromatic N) is 2. The molecule has 18 heavy (non-hydrogen) atoms. The Morgan fingerprint density at radius 1 is 1.50 bits per heavy atom. The van der Waals surface area contributed by atoms with Gasteiger partial charge in [-0.15, -0.1) is 0 Å². The van der Waals surface area contributed by atoms with Gasteiger partial charge in [-0.25, -0.2) is 4.98 Å². The highest BCUT2D eigenvalue weighted by atomic mass is 16.2. The quantitative estimate of drug-likeness (QED) is 0.847. The molecule has 0 unspecified atom stereocenters. The van der Waals surface area contributed by atoms with Crippen molar-refractivity contribution in [2.45, 2.75) is 13.5 Å². The van der Waals surface area contributed by atoms with Crippen LogP contribution in [0.1, 0.15) is 11.4 Å². The lowest BCUT2D eigenvalue weighted by atomic mass is 10.2. The monoisotopic (exact) mass is 246 g/mol. The van der Waals surface area contributed by atoms with Crippen molar-refractivity contribution in [3.8, 4) is 0 Å². The van der Waals surface area contributed by atoms with E-state index in [1.807, 2.05) is 32.2 Å². The van der Waals surface area contributed by atoms with E-state index in [4.69, 9.17) is 0 Å². The molecule has 0 radical (unpaired) electrons. The fourth-order valence-electron chi connectivity index (χ4n) is 1.93. The molecular formula is C13H18N4O. The normalized spacial score (nSPS) is 10.8. The standard InChI is InChI=1S/C13H18N4O/c1-9-15-11-5-4-10(6-12(11)16-9)8-17(3)13(18)7-14-2/h4-6,14H,7-8H2,1-3H3,(H,15,16). The van der Waals surface area contributed by atoms with Crippen LogP contribution in [0.5, 0.6) is 0 Å². The molecule has 2 N–H and O–H groups in total. The predicted molar refractivity (Wildman–Crippen MR) is 71.2 cm³/mol. The summed E-state index contributed by atoms with van der Waals surface area (Å²) in [5.41, 5.74) is 3.07. The van der Waals surface area contributed by atoms with E-state index in [2.05, 4.69) is 15.3 Å². The average Bonchev–Trinajstić information content (AvgIpc) is 2.68. The van der Waals surface area contributed by atoms with E-state index in [9.17, 15) is 4.79 Å². The molecule has 2 aromatic rings. The molecule has 0 aliphatic heterocycles. The van der Waals surface area contributed by atoms with Crippen molar-refractivity contribution in [3.63, 3.8) is 0 Å². The molecule has 0 atom stereocenters. The highest BCUT2D eigenvalue weighted by Crippen LogP contribution is 2.14. The fraction of sp³-hybridized carbons (Fsp3) is 0.385. The lowest BCUT2D eigenvalue weighted by Gasteiger charge is -2.16. The van der Waals surface area contributed by atoms with Gasteiger partial charge in [0.25, 0.3) is 0 Å². The van der Waals surface area contributed by atoms with E-state index in [1.165, 1.54) is 0 Å². The van der Waals surface area contributed by atoms with Gasteiger partial charge < -0.3 is 15.2 Å².